The second kappa shape index (κ2) is 77.6. The summed E-state index contributed by atoms with van der Waals surface area (Å²) in [6, 6.07) is 0. The van der Waals surface area contributed by atoms with Crippen molar-refractivity contribution in [2.45, 2.75) is 316 Å². The van der Waals surface area contributed by atoms with Crippen molar-refractivity contribution in [3.05, 3.63) is 170 Å². The Balaban J connectivity index is 5.51. The molecule has 0 bridgehead atoms. The lowest BCUT2D eigenvalue weighted by Gasteiger charge is -2.21. The van der Waals surface area contributed by atoms with Crippen LogP contribution in [0.3, 0.4) is 0 Å². The van der Waals surface area contributed by atoms with Crippen LogP contribution in [0.1, 0.15) is 297 Å². The van der Waals surface area contributed by atoms with Crippen LogP contribution in [0.4, 0.5) is 0 Å². The van der Waals surface area contributed by atoms with Crippen molar-refractivity contribution >= 4 is 39.5 Å². The molecular formula is C87H142O17P2. The number of phosphoric acid groups is 2. The van der Waals surface area contributed by atoms with Gasteiger partial charge in [-0.25, -0.2) is 9.13 Å². The van der Waals surface area contributed by atoms with Gasteiger partial charge in [0, 0.05) is 25.7 Å². The SMILES string of the molecule is CCC=CCC=CCC=CCC=CCC=CCC=CCCC(=O)OC(COC(=O)CCCCCCC=CCC=CCC=CCC=CCC)COP(=O)(O)OCC(O)COP(=O)(O)OCC(COC(=O)CCCCCCCC=CCC=CCCCCC)OC(=O)CCCCCCCC=CCC=CCCCCC. The van der Waals surface area contributed by atoms with Gasteiger partial charge in [0.05, 0.1) is 26.4 Å². The summed E-state index contributed by atoms with van der Waals surface area (Å²) in [7, 11) is -10.0. The largest absolute Gasteiger partial charge is 0.472 e. The molecule has 0 aromatic rings. The Hall–Kier alpha value is -5.58. The molecule has 0 aromatic carbocycles. The molecule has 19 heteroatoms. The number of allylic oxidation sites excluding steroid dienone is 28. The summed E-state index contributed by atoms with van der Waals surface area (Å²) in [4.78, 5) is 73.1. The van der Waals surface area contributed by atoms with Gasteiger partial charge in [-0.15, -0.1) is 0 Å². The lowest BCUT2D eigenvalue weighted by atomic mass is 10.1. The Kier molecular flexibility index (Phi) is 73.5. The van der Waals surface area contributed by atoms with E-state index in [1.54, 1.807) is 0 Å². The topological polar surface area (TPSA) is 237 Å². The number of ether oxygens (including phenoxy) is 4. The smallest absolute Gasteiger partial charge is 0.462 e. The minimum absolute atomic E-state index is 0.0428. The second-order valence-corrected chi connectivity index (χ2v) is 29.1. The number of aliphatic hydroxyl groups is 1. The number of aliphatic hydroxyl groups excluding tert-OH is 1. The van der Waals surface area contributed by atoms with Crippen molar-refractivity contribution in [2.24, 2.45) is 0 Å². The fourth-order valence-electron chi connectivity index (χ4n) is 10.1. The van der Waals surface area contributed by atoms with E-state index in [0.717, 1.165) is 173 Å². The third-order valence-corrected chi connectivity index (χ3v) is 18.1. The summed E-state index contributed by atoms with van der Waals surface area (Å²) in [5, 5.41) is 10.6. The van der Waals surface area contributed by atoms with Crippen LogP contribution in [0, 0.1) is 0 Å². The zero-order chi connectivity index (χ0) is 77.4. The van der Waals surface area contributed by atoms with Gasteiger partial charge in [0.15, 0.2) is 12.2 Å². The molecule has 0 aliphatic rings. The molecule has 0 aliphatic carbocycles. The normalized spacial score (nSPS) is 14.7. The molecule has 0 aromatic heterocycles. The highest BCUT2D eigenvalue weighted by molar-refractivity contribution is 7.47. The van der Waals surface area contributed by atoms with Crippen molar-refractivity contribution in [3.63, 3.8) is 0 Å². The van der Waals surface area contributed by atoms with Crippen molar-refractivity contribution in [1.82, 2.24) is 0 Å². The first-order valence-corrected chi connectivity index (χ1v) is 43.4. The zero-order valence-electron chi connectivity index (χ0n) is 65.8. The lowest BCUT2D eigenvalue weighted by molar-refractivity contribution is -0.161. The van der Waals surface area contributed by atoms with Gasteiger partial charge in [0.25, 0.3) is 0 Å². The number of hydrogen-bond donors (Lipinski definition) is 3. The number of carbonyl (C=O) groups excluding carboxylic acids is 4. The predicted molar refractivity (Wildman–Crippen MR) is 436 cm³/mol. The first kappa shape index (κ1) is 100. The zero-order valence-corrected chi connectivity index (χ0v) is 67.6. The van der Waals surface area contributed by atoms with Gasteiger partial charge in [-0.05, 0) is 167 Å². The van der Waals surface area contributed by atoms with E-state index < -0.39 is 97.5 Å². The average molecular weight is 1520 g/mol. The van der Waals surface area contributed by atoms with E-state index in [1.165, 1.54) is 38.5 Å². The molecule has 0 saturated carbocycles. The van der Waals surface area contributed by atoms with Gasteiger partial charge in [-0.2, -0.15) is 0 Å². The summed E-state index contributed by atoms with van der Waals surface area (Å²) < 4.78 is 68.5. The minimum Gasteiger partial charge on any atom is -0.462 e. The highest BCUT2D eigenvalue weighted by Gasteiger charge is 2.30. The average Bonchev–Trinajstić information content (AvgIpc) is 0.902. The molecule has 0 amide bonds. The van der Waals surface area contributed by atoms with Crippen molar-refractivity contribution in [2.75, 3.05) is 39.6 Å². The van der Waals surface area contributed by atoms with E-state index in [0.29, 0.717) is 32.1 Å². The third-order valence-electron chi connectivity index (χ3n) is 16.2. The van der Waals surface area contributed by atoms with Crippen LogP contribution in [0.15, 0.2) is 170 Å². The number of unbranched alkanes of at least 4 members (excludes halogenated alkanes) is 20. The van der Waals surface area contributed by atoms with Gasteiger partial charge in [-0.1, -0.05) is 275 Å². The maximum absolute atomic E-state index is 13.1. The van der Waals surface area contributed by atoms with Crippen LogP contribution in [-0.2, 0) is 65.4 Å². The first-order valence-electron chi connectivity index (χ1n) is 40.4. The molecule has 17 nitrogen and oxygen atoms in total. The van der Waals surface area contributed by atoms with Crippen LogP contribution in [0.2, 0.25) is 0 Å². The van der Waals surface area contributed by atoms with Gasteiger partial charge in [0.2, 0.25) is 0 Å². The Bertz CT molecular complexity index is 2680. The molecular weight excluding hydrogens is 1380 g/mol. The fraction of sp³-hybridized carbons (Fsp3) is 0.632. The molecule has 3 N–H and O–H groups in total. The van der Waals surface area contributed by atoms with Crippen molar-refractivity contribution in [1.29, 1.82) is 0 Å². The van der Waals surface area contributed by atoms with E-state index in [-0.39, 0.29) is 25.7 Å². The van der Waals surface area contributed by atoms with Gasteiger partial charge in [-0.3, -0.25) is 37.3 Å². The summed E-state index contributed by atoms with van der Waals surface area (Å²) in [5.74, 6) is -2.34. The van der Waals surface area contributed by atoms with Gasteiger partial charge < -0.3 is 33.8 Å². The maximum Gasteiger partial charge on any atom is 0.472 e. The summed E-state index contributed by atoms with van der Waals surface area (Å²) >= 11 is 0. The standard InChI is InChI=1S/C87H142O17P2/c1-5-9-13-17-21-25-29-33-37-39-40-42-46-50-54-58-62-66-70-74-87(92)104-83(78-98-85(90)72-68-64-60-56-52-48-45-41-38-34-30-26-22-18-14-10-6-2)80-102-106(95,96)100-76-81(88)75-99-105(93,94)101-79-82(103-86(91)73-69-65-61-57-53-49-44-36-32-28-24-20-16-12-8-4)77-97-84(89)71-67-63-59-55-51-47-43-35-31-27-23-19-15-11-7-3/h9-10,13-14,21-28,33-38,40,42-45,48,50,54,62,66,81-83,88H,5-8,11-12,15-20,29-32,39,41,46-47,49,51-53,55-61,63-65,67-80H2,1-4H3,(H,93,94)(H,95,96). The highest BCUT2D eigenvalue weighted by Crippen LogP contribution is 2.45. The van der Waals surface area contributed by atoms with E-state index in [2.05, 4.69) is 180 Å². The Morgan fingerprint density at radius 2 is 0.509 bits per heavy atom. The Morgan fingerprint density at radius 1 is 0.274 bits per heavy atom. The second-order valence-electron chi connectivity index (χ2n) is 26.2. The number of carbonyl (C=O) groups is 4. The molecule has 5 atom stereocenters. The van der Waals surface area contributed by atoms with Crippen LogP contribution >= 0.6 is 15.6 Å². The molecule has 602 valence electrons. The van der Waals surface area contributed by atoms with Crippen molar-refractivity contribution in [3.8, 4) is 0 Å². The number of phosphoric ester groups is 2. The van der Waals surface area contributed by atoms with E-state index in [1.807, 2.05) is 18.2 Å². The Morgan fingerprint density at radius 3 is 0.811 bits per heavy atom. The van der Waals surface area contributed by atoms with Gasteiger partial charge >= 0.3 is 39.5 Å². The van der Waals surface area contributed by atoms with Crippen molar-refractivity contribution < 1.29 is 80.2 Å². The number of rotatable bonds is 74. The van der Waals surface area contributed by atoms with E-state index in [9.17, 15) is 43.2 Å². The number of esters is 4. The van der Waals surface area contributed by atoms with Crippen LogP contribution in [0.25, 0.3) is 0 Å². The minimum atomic E-state index is -5.01. The summed E-state index contributed by atoms with van der Waals surface area (Å²) in [5.41, 5.74) is 0. The van der Waals surface area contributed by atoms with E-state index >= 15 is 0 Å². The molecule has 0 spiro atoms. The van der Waals surface area contributed by atoms with E-state index in [4.69, 9.17) is 37.0 Å². The molecule has 0 rings (SSSR count). The molecule has 106 heavy (non-hydrogen) atoms. The molecule has 0 fully saturated rings. The number of hydrogen-bond acceptors (Lipinski definition) is 15. The molecule has 0 aliphatic heterocycles. The Labute approximate surface area is 642 Å². The third kappa shape index (κ3) is 76.6. The summed E-state index contributed by atoms with van der Waals surface area (Å²) in [6.45, 7) is 4.44. The molecule has 5 unspecified atom stereocenters. The fourth-order valence-corrected chi connectivity index (χ4v) is 11.6. The van der Waals surface area contributed by atoms with Crippen LogP contribution in [-0.4, -0.2) is 96.7 Å². The predicted octanol–water partition coefficient (Wildman–Crippen LogP) is 23.8. The maximum atomic E-state index is 13.1. The highest BCUT2D eigenvalue weighted by atomic mass is 31.2. The molecule has 0 saturated heterocycles. The lowest BCUT2D eigenvalue weighted by Crippen LogP contribution is -2.30. The summed E-state index contributed by atoms with van der Waals surface area (Å²) in [6.07, 6.45) is 92.0. The van der Waals surface area contributed by atoms with Gasteiger partial charge in [0.1, 0.15) is 19.3 Å². The quantitative estimate of drug-likeness (QED) is 0.0169. The monoisotopic (exact) mass is 1520 g/mol. The molecule has 0 radical (unpaired) electrons. The van der Waals surface area contributed by atoms with Crippen LogP contribution in [0.5, 0.6) is 0 Å². The first-order chi connectivity index (χ1) is 51.7. The van der Waals surface area contributed by atoms with Crippen LogP contribution < -0.4 is 0 Å². The molecule has 0 heterocycles.